The van der Waals surface area contributed by atoms with Crippen LogP contribution in [-0.2, 0) is 6.54 Å². The van der Waals surface area contributed by atoms with E-state index in [2.05, 4.69) is 15.6 Å². The van der Waals surface area contributed by atoms with Gasteiger partial charge in [0.1, 0.15) is 5.75 Å². The standard InChI is InChI=1S/C24H22N4O3/c1-3-12-28-24(30)21-7-5-4-6-20(21)22(27-28)23(29)26-25-15-16-8-9-18-14-19(31-2)11-10-17(18)13-16/h4-11,13-15H,3,12H2,1-2H3,(H,26,29)/b25-15-. The number of amides is 1. The molecule has 3 aromatic carbocycles. The molecule has 0 unspecified atom stereocenters. The molecule has 0 aliphatic heterocycles. The quantitative estimate of drug-likeness (QED) is 0.385. The third kappa shape index (κ3) is 4.16. The fourth-order valence-electron chi connectivity index (χ4n) is 3.43. The van der Waals surface area contributed by atoms with E-state index in [-0.39, 0.29) is 11.3 Å². The second kappa shape index (κ2) is 8.79. The molecule has 0 bridgehead atoms. The van der Waals surface area contributed by atoms with E-state index in [0.717, 1.165) is 28.5 Å². The van der Waals surface area contributed by atoms with Gasteiger partial charge in [-0.2, -0.15) is 10.2 Å². The number of carbonyl (C=O) groups is 1. The number of benzene rings is 3. The minimum absolute atomic E-state index is 0.173. The topological polar surface area (TPSA) is 85.6 Å². The number of hydrogen-bond acceptors (Lipinski definition) is 5. The number of hydrazone groups is 1. The zero-order valence-corrected chi connectivity index (χ0v) is 17.3. The van der Waals surface area contributed by atoms with Crippen LogP contribution in [0, 0.1) is 0 Å². The third-order valence-electron chi connectivity index (χ3n) is 4.97. The Hall–Kier alpha value is -4.00. The van der Waals surface area contributed by atoms with Crippen LogP contribution in [0.25, 0.3) is 21.5 Å². The largest absolute Gasteiger partial charge is 0.497 e. The van der Waals surface area contributed by atoms with Gasteiger partial charge in [-0.25, -0.2) is 10.1 Å². The summed E-state index contributed by atoms with van der Waals surface area (Å²) in [5.74, 6) is 0.327. The number of aromatic nitrogens is 2. The zero-order chi connectivity index (χ0) is 21.8. The molecule has 4 rings (SSSR count). The first kappa shape index (κ1) is 20.3. The first-order valence-corrected chi connectivity index (χ1v) is 10.0. The van der Waals surface area contributed by atoms with Gasteiger partial charge in [-0.3, -0.25) is 9.59 Å². The van der Waals surface area contributed by atoms with E-state index in [1.54, 1.807) is 37.6 Å². The predicted molar refractivity (Wildman–Crippen MR) is 122 cm³/mol. The molecule has 7 nitrogen and oxygen atoms in total. The molecule has 31 heavy (non-hydrogen) atoms. The Labute approximate surface area is 179 Å². The molecule has 7 heteroatoms. The minimum atomic E-state index is -0.470. The first-order valence-electron chi connectivity index (χ1n) is 10.0. The van der Waals surface area contributed by atoms with Crippen molar-refractivity contribution in [1.82, 2.24) is 15.2 Å². The van der Waals surface area contributed by atoms with Gasteiger partial charge in [-0.05, 0) is 47.0 Å². The molecule has 0 saturated carbocycles. The molecule has 1 aromatic heterocycles. The van der Waals surface area contributed by atoms with Gasteiger partial charge in [-0.1, -0.05) is 43.3 Å². The van der Waals surface area contributed by atoms with Crippen LogP contribution in [0.1, 0.15) is 29.4 Å². The highest BCUT2D eigenvalue weighted by Gasteiger charge is 2.16. The van der Waals surface area contributed by atoms with Crippen LogP contribution in [0.5, 0.6) is 5.75 Å². The number of aryl methyl sites for hydroxylation is 1. The van der Waals surface area contributed by atoms with Gasteiger partial charge in [0.05, 0.1) is 18.7 Å². The molecule has 1 amide bonds. The molecule has 0 atom stereocenters. The molecule has 0 radical (unpaired) electrons. The summed E-state index contributed by atoms with van der Waals surface area (Å²) in [7, 11) is 1.64. The first-order chi connectivity index (χ1) is 15.1. The van der Waals surface area contributed by atoms with Crippen molar-refractivity contribution in [2.75, 3.05) is 7.11 Å². The lowest BCUT2D eigenvalue weighted by atomic mass is 10.1. The van der Waals surface area contributed by atoms with Crippen molar-refractivity contribution in [2.24, 2.45) is 5.10 Å². The van der Waals surface area contributed by atoms with E-state index >= 15 is 0 Å². The Balaban J connectivity index is 1.59. The van der Waals surface area contributed by atoms with Crippen LogP contribution in [0.4, 0.5) is 0 Å². The summed E-state index contributed by atoms with van der Waals surface area (Å²) in [5, 5.41) is 11.4. The maximum absolute atomic E-state index is 12.8. The number of rotatable bonds is 6. The van der Waals surface area contributed by atoms with Gasteiger partial charge in [0.25, 0.3) is 11.5 Å². The van der Waals surface area contributed by atoms with E-state index in [4.69, 9.17) is 4.74 Å². The van der Waals surface area contributed by atoms with Crippen molar-refractivity contribution < 1.29 is 9.53 Å². The van der Waals surface area contributed by atoms with Crippen molar-refractivity contribution in [3.05, 3.63) is 82.3 Å². The molecular weight excluding hydrogens is 392 g/mol. The summed E-state index contributed by atoms with van der Waals surface area (Å²) in [4.78, 5) is 25.4. The summed E-state index contributed by atoms with van der Waals surface area (Å²) in [5.41, 5.74) is 3.34. The monoisotopic (exact) mass is 414 g/mol. The SMILES string of the molecule is CCCn1nc(C(=O)N/N=C\c2ccc3cc(OC)ccc3c2)c2ccccc2c1=O. The molecule has 1 heterocycles. The van der Waals surface area contributed by atoms with Crippen LogP contribution in [-0.4, -0.2) is 29.0 Å². The van der Waals surface area contributed by atoms with Crippen LogP contribution >= 0.6 is 0 Å². The van der Waals surface area contributed by atoms with Gasteiger partial charge >= 0.3 is 0 Å². The highest BCUT2D eigenvalue weighted by Crippen LogP contribution is 2.21. The van der Waals surface area contributed by atoms with Crippen LogP contribution in [0.15, 0.2) is 70.6 Å². The van der Waals surface area contributed by atoms with Crippen LogP contribution < -0.4 is 15.7 Å². The maximum Gasteiger partial charge on any atom is 0.292 e. The Morgan fingerprint density at radius 1 is 1.10 bits per heavy atom. The van der Waals surface area contributed by atoms with E-state index in [1.165, 1.54) is 4.68 Å². The lowest BCUT2D eigenvalue weighted by molar-refractivity contribution is 0.0949. The molecule has 0 saturated heterocycles. The summed E-state index contributed by atoms with van der Waals surface area (Å²) in [6.45, 7) is 2.39. The van der Waals surface area contributed by atoms with Crippen molar-refractivity contribution >= 4 is 33.7 Å². The average Bonchev–Trinajstić information content (AvgIpc) is 2.80. The highest BCUT2D eigenvalue weighted by molar-refractivity contribution is 6.05. The fraction of sp³-hybridized carbons (Fsp3) is 0.167. The Morgan fingerprint density at radius 2 is 1.84 bits per heavy atom. The summed E-state index contributed by atoms with van der Waals surface area (Å²) in [6, 6.07) is 18.6. The Morgan fingerprint density at radius 3 is 2.61 bits per heavy atom. The number of fused-ring (bicyclic) bond motifs is 2. The highest BCUT2D eigenvalue weighted by atomic mass is 16.5. The van der Waals surface area contributed by atoms with Gasteiger partial charge in [0, 0.05) is 11.9 Å². The number of ether oxygens (including phenoxy) is 1. The second-order valence-electron chi connectivity index (χ2n) is 7.09. The van der Waals surface area contributed by atoms with Crippen LogP contribution in [0.2, 0.25) is 0 Å². The molecule has 4 aromatic rings. The lowest BCUT2D eigenvalue weighted by Crippen LogP contribution is -2.29. The van der Waals surface area contributed by atoms with Crippen molar-refractivity contribution in [2.45, 2.75) is 19.9 Å². The number of nitrogens with zero attached hydrogens (tertiary/aromatic N) is 3. The molecule has 0 aliphatic rings. The van der Waals surface area contributed by atoms with Crippen LogP contribution in [0.3, 0.4) is 0 Å². The average molecular weight is 414 g/mol. The normalized spacial score (nSPS) is 11.3. The number of nitrogens with one attached hydrogen (secondary N) is 1. The van der Waals surface area contributed by atoms with Gasteiger partial charge in [0.15, 0.2) is 5.69 Å². The van der Waals surface area contributed by atoms with Crippen molar-refractivity contribution in [3.63, 3.8) is 0 Å². The van der Waals surface area contributed by atoms with Crippen molar-refractivity contribution in [3.8, 4) is 5.75 Å². The van der Waals surface area contributed by atoms with E-state index in [0.29, 0.717) is 17.3 Å². The summed E-state index contributed by atoms with van der Waals surface area (Å²) >= 11 is 0. The van der Waals surface area contributed by atoms with Gasteiger partial charge in [0.2, 0.25) is 0 Å². The smallest absolute Gasteiger partial charge is 0.292 e. The second-order valence-corrected chi connectivity index (χ2v) is 7.09. The lowest BCUT2D eigenvalue weighted by Gasteiger charge is -2.09. The molecule has 0 spiro atoms. The number of hydrogen-bond donors (Lipinski definition) is 1. The number of carbonyl (C=O) groups excluding carboxylic acids is 1. The van der Waals surface area contributed by atoms with Gasteiger partial charge < -0.3 is 4.74 Å². The molecule has 0 aliphatic carbocycles. The maximum atomic E-state index is 12.8. The summed E-state index contributed by atoms with van der Waals surface area (Å²) < 4.78 is 6.58. The zero-order valence-electron chi connectivity index (χ0n) is 17.3. The Kier molecular flexibility index (Phi) is 5.75. The summed E-state index contributed by atoms with van der Waals surface area (Å²) in [6.07, 6.45) is 2.31. The number of methoxy groups -OCH3 is 1. The van der Waals surface area contributed by atoms with E-state index in [9.17, 15) is 9.59 Å². The molecule has 0 fully saturated rings. The molecular formula is C24H22N4O3. The third-order valence-corrected chi connectivity index (χ3v) is 4.97. The fourth-order valence-corrected chi connectivity index (χ4v) is 3.43. The minimum Gasteiger partial charge on any atom is -0.497 e. The van der Waals surface area contributed by atoms with E-state index in [1.807, 2.05) is 43.3 Å². The Bertz CT molecular complexity index is 1360. The van der Waals surface area contributed by atoms with Crippen molar-refractivity contribution in [1.29, 1.82) is 0 Å². The van der Waals surface area contributed by atoms with Gasteiger partial charge in [-0.15, -0.1) is 0 Å². The van der Waals surface area contributed by atoms with E-state index < -0.39 is 5.91 Å². The molecule has 1 N–H and O–H groups in total. The molecule has 156 valence electrons. The predicted octanol–water partition coefficient (Wildman–Crippen LogP) is 3.73.